The van der Waals surface area contributed by atoms with Crippen molar-refractivity contribution in [1.29, 1.82) is 0 Å². The zero-order chi connectivity index (χ0) is 12.7. The number of rotatable bonds is 5. The van der Waals surface area contributed by atoms with Crippen LogP contribution in [0.3, 0.4) is 0 Å². The zero-order valence-corrected chi connectivity index (χ0v) is 9.25. The average Bonchev–Trinajstić information content (AvgIpc) is 2.30. The number of carbonyl (C=O) groups is 2. The van der Waals surface area contributed by atoms with Gasteiger partial charge in [0.25, 0.3) is 5.95 Å². The first kappa shape index (κ1) is 12.8. The molecule has 0 spiro atoms. The lowest BCUT2D eigenvalue weighted by Gasteiger charge is -2.07. The summed E-state index contributed by atoms with van der Waals surface area (Å²) in [7, 11) is 0. The predicted octanol–water partition coefficient (Wildman–Crippen LogP) is 0.104. The van der Waals surface area contributed by atoms with E-state index in [0.717, 1.165) is 0 Å². The van der Waals surface area contributed by atoms with Gasteiger partial charge in [0.1, 0.15) is 0 Å². The van der Waals surface area contributed by atoms with Crippen LogP contribution >= 0.6 is 0 Å². The Kier molecular flexibility index (Phi) is 4.79. The highest BCUT2D eigenvalue weighted by molar-refractivity contribution is 5.87. The van der Waals surface area contributed by atoms with Crippen LogP contribution < -0.4 is 10.6 Å². The number of hydrogen-bond donors (Lipinski definition) is 3. The lowest BCUT2D eigenvalue weighted by molar-refractivity contribution is -0.141. The summed E-state index contributed by atoms with van der Waals surface area (Å²) in [6.45, 7) is 1.84. The summed E-state index contributed by atoms with van der Waals surface area (Å²) >= 11 is 0. The Balaban J connectivity index is 2.25. The van der Waals surface area contributed by atoms with Gasteiger partial charge in [-0.25, -0.2) is 9.78 Å². The number of anilines is 1. The van der Waals surface area contributed by atoms with E-state index >= 15 is 0 Å². The summed E-state index contributed by atoms with van der Waals surface area (Å²) in [5.41, 5.74) is 0. The molecular formula is C9H13N5O3. The van der Waals surface area contributed by atoms with Gasteiger partial charge >= 0.3 is 12.0 Å². The van der Waals surface area contributed by atoms with Gasteiger partial charge in [-0.3, -0.25) is 10.1 Å². The number of nitrogens with one attached hydrogen (secondary N) is 2. The van der Waals surface area contributed by atoms with Crippen molar-refractivity contribution >= 4 is 17.9 Å². The third-order valence-electron chi connectivity index (χ3n) is 1.99. The first-order chi connectivity index (χ1) is 8.09. The molecule has 92 valence electrons. The van der Waals surface area contributed by atoms with E-state index in [2.05, 4.69) is 25.8 Å². The fraction of sp³-hybridized carbons (Fsp3) is 0.444. The third kappa shape index (κ3) is 4.87. The average molecular weight is 239 g/mol. The van der Waals surface area contributed by atoms with Crippen molar-refractivity contribution in [2.24, 2.45) is 5.92 Å². The lowest BCUT2D eigenvalue weighted by Crippen LogP contribution is -2.31. The van der Waals surface area contributed by atoms with E-state index in [-0.39, 0.29) is 12.5 Å². The van der Waals surface area contributed by atoms with E-state index < -0.39 is 17.9 Å². The number of carboxylic acid groups (broad SMARTS) is 1. The Hall–Kier alpha value is -2.25. The van der Waals surface area contributed by atoms with Gasteiger partial charge in [0.15, 0.2) is 0 Å². The molecule has 8 nitrogen and oxygen atoms in total. The number of hydrogen-bond acceptors (Lipinski definition) is 5. The molecule has 1 aromatic rings. The zero-order valence-electron chi connectivity index (χ0n) is 9.25. The summed E-state index contributed by atoms with van der Waals surface area (Å²) in [4.78, 5) is 25.5. The molecule has 1 atom stereocenters. The number of carboxylic acids is 1. The minimum atomic E-state index is -0.886. The summed E-state index contributed by atoms with van der Waals surface area (Å²) in [5.74, 6) is -1.29. The molecule has 1 unspecified atom stereocenters. The Labute approximate surface area is 97.5 Å². The number of amides is 2. The van der Waals surface area contributed by atoms with E-state index in [1.54, 1.807) is 6.92 Å². The Morgan fingerprint density at radius 3 is 2.82 bits per heavy atom. The van der Waals surface area contributed by atoms with Crippen molar-refractivity contribution in [2.45, 2.75) is 13.3 Å². The van der Waals surface area contributed by atoms with Crippen LogP contribution in [0.15, 0.2) is 12.4 Å². The van der Waals surface area contributed by atoms with Crippen molar-refractivity contribution < 1.29 is 14.7 Å². The molecule has 1 aromatic heterocycles. The van der Waals surface area contributed by atoms with Crippen molar-refractivity contribution in [3.8, 4) is 0 Å². The number of carbonyl (C=O) groups excluding carboxylic acids is 1. The first-order valence-electron chi connectivity index (χ1n) is 5.01. The SMILES string of the molecule is CC(CCNC(=O)Nc1nccnn1)C(=O)O. The minimum Gasteiger partial charge on any atom is -0.481 e. The molecule has 2 amide bonds. The highest BCUT2D eigenvalue weighted by Crippen LogP contribution is 1.99. The van der Waals surface area contributed by atoms with Crippen molar-refractivity contribution in [2.75, 3.05) is 11.9 Å². The van der Waals surface area contributed by atoms with Crippen molar-refractivity contribution in [3.63, 3.8) is 0 Å². The van der Waals surface area contributed by atoms with E-state index in [0.29, 0.717) is 6.42 Å². The highest BCUT2D eigenvalue weighted by Gasteiger charge is 2.11. The van der Waals surface area contributed by atoms with E-state index in [4.69, 9.17) is 5.11 Å². The van der Waals surface area contributed by atoms with Crippen LogP contribution in [0, 0.1) is 5.92 Å². The molecular weight excluding hydrogens is 226 g/mol. The van der Waals surface area contributed by atoms with Crippen LogP contribution in [0.4, 0.5) is 10.7 Å². The quantitative estimate of drug-likeness (QED) is 0.671. The normalized spacial score (nSPS) is 11.6. The molecule has 0 aliphatic rings. The maximum atomic E-state index is 11.3. The van der Waals surface area contributed by atoms with Crippen molar-refractivity contribution in [1.82, 2.24) is 20.5 Å². The van der Waals surface area contributed by atoms with Gasteiger partial charge in [-0.15, -0.1) is 5.10 Å². The maximum absolute atomic E-state index is 11.3. The number of urea groups is 1. The number of aromatic nitrogens is 3. The largest absolute Gasteiger partial charge is 0.481 e. The molecule has 0 radical (unpaired) electrons. The number of nitrogens with zero attached hydrogens (tertiary/aromatic N) is 3. The second-order valence-electron chi connectivity index (χ2n) is 3.38. The second-order valence-corrected chi connectivity index (χ2v) is 3.38. The molecule has 8 heteroatoms. The van der Waals surface area contributed by atoms with E-state index in [9.17, 15) is 9.59 Å². The summed E-state index contributed by atoms with van der Waals surface area (Å²) in [6.07, 6.45) is 3.14. The molecule has 0 saturated heterocycles. The van der Waals surface area contributed by atoms with Gasteiger partial charge in [-0.1, -0.05) is 6.92 Å². The van der Waals surface area contributed by atoms with Crippen LogP contribution in [-0.2, 0) is 4.79 Å². The summed E-state index contributed by atoms with van der Waals surface area (Å²) < 4.78 is 0. The minimum absolute atomic E-state index is 0.0938. The topological polar surface area (TPSA) is 117 Å². The van der Waals surface area contributed by atoms with Crippen LogP contribution in [0.25, 0.3) is 0 Å². The molecule has 0 bridgehead atoms. The van der Waals surface area contributed by atoms with Gasteiger partial charge in [-0.2, -0.15) is 5.10 Å². The van der Waals surface area contributed by atoms with Gasteiger partial charge in [0, 0.05) is 6.54 Å². The molecule has 3 N–H and O–H groups in total. The number of aliphatic carboxylic acids is 1. The fourth-order valence-electron chi connectivity index (χ4n) is 0.976. The van der Waals surface area contributed by atoms with Crippen LogP contribution in [0.5, 0.6) is 0 Å². The lowest BCUT2D eigenvalue weighted by atomic mass is 10.1. The van der Waals surface area contributed by atoms with Gasteiger partial charge in [-0.05, 0) is 6.42 Å². The molecule has 0 aliphatic carbocycles. The highest BCUT2D eigenvalue weighted by atomic mass is 16.4. The summed E-state index contributed by atoms with van der Waals surface area (Å²) in [6, 6.07) is -0.490. The van der Waals surface area contributed by atoms with Gasteiger partial charge in [0.05, 0.1) is 18.3 Å². The molecule has 0 saturated carbocycles. The fourth-order valence-corrected chi connectivity index (χ4v) is 0.976. The maximum Gasteiger partial charge on any atom is 0.321 e. The van der Waals surface area contributed by atoms with Gasteiger partial charge < -0.3 is 10.4 Å². The Morgan fingerprint density at radius 1 is 1.47 bits per heavy atom. The standard InChI is InChI=1S/C9H13N5O3/c1-6(7(15)16)2-3-11-9(17)13-8-10-4-5-12-14-8/h4-6H,2-3H2,1H3,(H,15,16)(H2,10,11,13,14,17). The Bertz CT molecular complexity index is 383. The summed E-state index contributed by atoms with van der Waals surface area (Å²) in [5, 5.41) is 20.6. The van der Waals surface area contributed by atoms with Crippen LogP contribution in [-0.4, -0.2) is 38.8 Å². The third-order valence-corrected chi connectivity index (χ3v) is 1.99. The smallest absolute Gasteiger partial charge is 0.321 e. The molecule has 17 heavy (non-hydrogen) atoms. The Morgan fingerprint density at radius 2 is 2.24 bits per heavy atom. The first-order valence-corrected chi connectivity index (χ1v) is 5.01. The van der Waals surface area contributed by atoms with E-state index in [1.165, 1.54) is 12.4 Å². The molecule has 0 aromatic carbocycles. The second kappa shape index (κ2) is 6.36. The molecule has 1 rings (SSSR count). The molecule has 0 aliphatic heterocycles. The van der Waals surface area contributed by atoms with E-state index in [1.807, 2.05) is 0 Å². The van der Waals surface area contributed by atoms with Crippen LogP contribution in [0.1, 0.15) is 13.3 Å². The predicted molar refractivity (Wildman–Crippen MR) is 58.3 cm³/mol. The molecule has 0 fully saturated rings. The monoisotopic (exact) mass is 239 g/mol. The van der Waals surface area contributed by atoms with Crippen LogP contribution in [0.2, 0.25) is 0 Å². The molecule has 1 heterocycles. The van der Waals surface area contributed by atoms with Crippen molar-refractivity contribution in [3.05, 3.63) is 12.4 Å². The van der Waals surface area contributed by atoms with Gasteiger partial charge in [0.2, 0.25) is 0 Å².